The van der Waals surface area contributed by atoms with E-state index in [0.29, 0.717) is 37.5 Å². The van der Waals surface area contributed by atoms with E-state index in [9.17, 15) is 14.7 Å². The van der Waals surface area contributed by atoms with E-state index in [4.69, 9.17) is 4.74 Å². The summed E-state index contributed by atoms with van der Waals surface area (Å²) in [5.41, 5.74) is 2.74. The fourth-order valence-corrected chi connectivity index (χ4v) is 2.84. The molecule has 0 spiro atoms. The third-order valence-electron chi connectivity index (χ3n) is 4.36. The third kappa shape index (κ3) is 4.83. The first-order chi connectivity index (χ1) is 13.0. The molecule has 0 aliphatic carbocycles. The summed E-state index contributed by atoms with van der Waals surface area (Å²) >= 11 is 0. The molecule has 3 rings (SSSR count). The van der Waals surface area contributed by atoms with Crippen LogP contribution >= 0.6 is 0 Å². The molecule has 2 amide bonds. The number of aromatic nitrogens is 1. The smallest absolute Gasteiger partial charge is 0.409 e. The van der Waals surface area contributed by atoms with Crippen LogP contribution in [0.2, 0.25) is 0 Å². The van der Waals surface area contributed by atoms with Gasteiger partial charge in [0.05, 0.1) is 24.1 Å². The maximum Gasteiger partial charge on any atom is 0.409 e. The minimum atomic E-state index is -0.632. The molecule has 0 saturated carbocycles. The number of cyclic esters (lactones) is 1. The van der Waals surface area contributed by atoms with Crippen molar-refractivity contribution < 1.29 is 19.4 Å². The summed E-state index contributed by atoms with van der Waals surface area (Å²) in [5, 5.41) is 12.5. The molecule has 2 N–H and O–H groups in total. The Morgan fingerprint density at radius 2 is 2.07 bits per heavy atom. The summed E-state index contributed by atoms with van der Waals surface area (Å²) in [6.07, 6.45) is -0.148. The second-order valence-corrected chi connectivity index (χ2v) is 6.41. The molecular formula is C20H23N3O4. The van der Waals surface area contributed by atoms with Gasteiger partial charge in [-0.25, -0.2) is 4.79 Å². The van der Waals surface area contributed by atoms with Crippen molar-refractivity contribution in [2.75, 3.05) is 26.2 Å². The van der Waals surface area contributed by atoms with Crippen molar-refractivity contribution in [1.82, 2.24) is 15.2 Å². The minimum Gasteiger partial charge on any atom is -0.449 e. The van der Waals surface area contributed by atoms with Crippen molar-refractivity contribution in [2.24, 2.45) is 0 Å². The van der Waals surface area contributed by atoms with Gasteiger partial charge in [0.1, 0.15) is 0 Å². The molecule has 27 heavy (non-hydrogen) atoms. The molecule has 7 heteroatoms. The van der Waals surface area contributed by atoms with Crippen molar-refractivity contribution in [3.63, 3.8) is 0 Å². The number of rotatable bonds is 6. The number of aliphatic hydroxyl groups excluding tert-OH is 1. The molecule has 1 aromatic heterocycles. The lowest BCUT2D eigenvalue weighted by atomic mass is 10.1. The zero-order valence-electron chi connectivity index (χ0n) is 15.2. The van der Waals surface area contributed by atoms with Crippen LogP contribution in [0, 0.1) is 0 Å². The standard InChI is InChI=1S/C20H23N3O4/c1-14(24)17-4-2-5-18(22-17)15-6-8-16(9-7-15)19(25)21-10-12-23-11-3-13-27-20(23)26/h2,4-9,14,24H,3,10-13H2,1H3,(H,21,25)/t14-/m0/s1. The Morgan fingerprint density at radius 3 is 2.78 bits per heavy atom. The Bertz CT molecular complexity index is 805. The first-order valence-electron chi connectivity index (χ1n) is 9.00. The number of amides is 2. The van der Waals surface area contributed by atoms with Gasteiger partial charge in [0.15, 0.2) is 0 Å². The number of carbonyl (C=O) groups is 2. The van der Waals surface area contributed by atoms with Crippen LogP contribution < -0.4 is 5.32 Å². The van der Waals surface area contributed by atoms with Crippen molar-refractivity contribution in [1.29, 1.82) is 0 Å². The van der Waals surface area contributed by atoms with Gasteiger partial charge < -0.3 is 20.1 Å². The lowest BCUT2D eigenvalue weighted by molar-refractivity contribution is 0.0719. The number of hydrogen-bond acceptors (Lipinski definition) is 5. The highest BCUT2D eigenvalue weighted by molar-refractivity contribution is 5.94. The first kappa shape index (κ1) is 18.8. The monoisotopic (exact) mass is 369 g/mol. The van der Waals surface area contributed by atoms with E-state index in [1.165, 1.54) is 0 Å². The molecule has 1 aliphatic rings. The van der Waals surface area contributed by atoms with Crippen molar-refractivity contribution >= 4 is 12.0 Å². The normalized spacial score (nSPS) is 15.2. The molecule has 0 bridgehead atoms. The van der Waals surface area contributed by atoms with E-state index in [2.05, 4.69) is 10.3 Å². The SMILES string of the molecule is C[C@H](O)c1cccc(-c2ccc(C(=O)NCCN3CCCOC3=O)cc2)n1. The highest BCUT2D eigenvalue weighted by atomic mass is 16.6. The first-order valence-corrected chi connectivity index (χ1v) is 9.00. The Kier molecular flexibility index (Phi) is 6.03. The summed E-state index contributed by atoms with van der Waals surface area (Å²) in [7, 11) is 0. The van der Waals surface area contributed by atoms with Gasteiger partial charge in [-0.2, -0.15) is 0 Å². The molecule has 2 aromatic rings. The Hall–Kier alpha value is -2.93. The van der Waals surface area contributed by atoms with Gasteiger partial charge in [-0.15, -0.1) is 0 Å². The highest BCUT2D eigenvalue weighted by Crippen LogP contribution is 2.20. The van der Waals surface area contributed by atoms with Gasteiger partial charge in [0, 0.05) is 30.8 Å². The zero-order chi connectivity index (χ0) is 19.2. The molecule has 1 saturated heterocycles. The fourth-order valence-electron chi connectivity index (χ4n) is 2.84. The van der Waals surface area contributed by atoms with Crippen LogP contribution in [-0.2, 0) is 4.74 Å². The van der Waals surface area contributed by atoms with Gasteiger partial charge in [-0.3, -0.25) is 9.78 Å². The minimum absolute atomic E-state index is 0.197. The predicted octanol–water partition coefficient (Wildman–Crippen LogP) is 2.37. The summed E-state index contributed by atoms with van der Waals surface area (Å²) in [6.45, 7) is 3.58. The van der Waals surface area contributed by atoms with E-state index in [1.807, 2.05) is 24.3 Å². The number of nitrogens with zero attached hydrogens (tertiary/aromatic N) is 2. The quantitative estimate of drug-likeness (QED) is 0.816. The summed E-state index contributed by atoms with van der Waals surface area (Å²) < 4.78 is 4.96. The maximum absolute atomic E-state index is 12.3. The zero-order valence-corrected chi connectivity index (χ0v) is 15.2. The second-order valence-electron chi connectivity index (χ2n) is 6.41. The number of ether oxygens (including phenoxy) is 1. The van der Waals surface area contributed by atoms with Crippen LogP contribution in [0.3, 0.4) is 0 Å². The molecular weight excluding hydrogens is 346 g/mol. The van der Waals surface area contributed by atoms with Crippen LogP contribution in [0.25, 0.3) is 11.3 Å². The Balaban J connectivity index is 1.57. The fraction of sp³-hybridized carbons (Fsp3) is 0.350. The molecule has 2 heterocycles. The number of nitrogens with one attached hydrogen (secondary N) is 1. The van der Waals surface area contributed by atoms with Crippen LogP contribution in [0.1, 0.15) is 35.5 Å². The molecule has 1 atom stereocenters. The molecule has 0 radical (unpaired) electrons. The van der Waals surface area contributed by atoms with Gasteiger partial charge in [0.2, 0.25) is 0 Å². The van der Waals surface area contributed by atoms with Gasteiger partial charge in [-0.1, -0.05) is 18.2 Å². The van der Waals surface area contributed by atoms with E-state index in [0.717, 1.165) is 17.7 Å². The van der Waals surface area contributed by atoms with E-state index < -0.39 is 6.10 Å². The molecule has 1 fully saturated rings. The van der Waals surface area contributed by atoms with Crippen molar-refractivity contribution in [3.05, 3.63) is 53.7 Å². The predicted molar refractivity (Wildman–Crippen MR) is 100 cm³/mol. The molecule has 0 unspecified atom stereocenters. The summed E-state index contributed by atoms with van der Waals surface area (Å²) in [6, 6.07) is 12.6. The number of aliphatic hydroxyl groups is 1. The summed E-state index contributed by atoms with van der Waals surface area (Å²) in [5.74, 6) is -0.197. The molecule has 1 aromatic carbocycles. The largest absolute Gasteiger partial charge is 0.449 e. The summed E-state index contributed by atoms with van der Waals surface area (Å²) in [4.78, 5) is 29.8. The van der Waals surface area contributed by atoms with E-state index in [-0.39, 0.29) is 12.0 Å². The third-order valence-corrected chi connectivity index (χ3v) is 4.36. The highest BCUT2D eigenvalue weighted by Gasteiger charge is 2.19. The van der Waals surface area contributed by atoms with Crippen LogP contribution in [0.5, 0.6) is 0 Å². The topological polar surface area (TPSA) is 91.8 Å². The average molecular weight is 369 g/mol. The molecule has 142 valence electrons. The lowest BCUT2D eigenvalue weighted by Crippen LogP contribution is -2.42. The van der Waals surface area contributed by atoms with Crippen LogP contribution in [0.4, 0.5) is 4.79 Å². The van der Waals surface area contributed by atoms with Crippen molar-refractivity contribution in [3.8, 4) is 11.3 Å². The molecule has 7 nitrogen and oxygen atoms in total. The molecule has 1 aliphatic heterocycles. The van der Waals surface area contributed by atoms with E-state index >= 15 is 0 Å². The van der Waals surface area contributed by atoms with Gasteiger partial charge >= 0.3 is 6.09 Å². The number of hydrogen-bond donors (Lipinski definition) is 2. The number of carbonyl (C=O) groups excluding carboxylic acids is 2. The lowest BCUT2D eigenvalue weighted by Gasteiger charge is -2.26. The Morgan fingerprint density at radius 1 is 1.30 bits per heavy atom. The van der Waals surface area contributed by atoms with Crippen molar-refractivity contribution in [2.45, 2.75) is 19.4 Å². The van der Waals surface area contributed by atoms with Gasteiger partial charge in [0.25, 0.3) is 5.91 Å². The Labute approximate surface area is 158 Å². The number of benzene rings is 1. The van der Waals surface area contributed by atoms with Crippen LogP contribution in [-0.4, -0.2) is 53.2 Å². The number of pyridine rings is 1. The van der Waals surface area contributed by atoms with Gasteiger partial charge in [-0.05, 0) is 37.6 Å². The second kappa shape index (κ2) is 8.64. The maximum atomic E-state index is 12.3. The average Bonchev–Trinajstić information content (AvgIpc) is 2.69. The van der Waals surface area contributed by atoms with E-state index in [1.54, 1.807) is 30.0 Å². The van der Waals surface area contributed by atoms with Crippen LogP contribution in [0.15, 0.2) is 42.5 Å².